The van der Waals surface area contributed by atoms with E-state index < -0.39 is 27.9 Å². The summed E-state index contributed by atoms with van der Waals surface area (Å²) in [7, 11) is -3.93. The predicted molar refractivity (Wildman–Crippen MR) is 118 cm³/mol. The van der Waals surface area contributed by atoms with E-state index in [4.69, 9.17) is 11.6 Å². The van der Waals surface area contributed by atoms with E-state index in [-0.39, 0.29) is 17.4 Å². The molecule has 0 saturated heterocycles. The van der Waals surface area contributed by atoms with Crippen LogP contribution in [0.15, 0.2) is 47.4 Å². The molecule has 2 aromatic carbocycles. The largest absolute Gasteiger partial charge is 0.346 e. The third-order valence-corrected chi connectivity index (χ3v) is 6.23. The molecule has 0 heterocycles. The van der Waals surface area contributed by atoms with E-state index in [0.29, 0.717) is 10.7 Å². The standard InChI is InChI=1S/C21H26ClN3O4S/c1-13(2)19(25-30(28,29)17-10-8-16(22)9-11-17)21(27)23-12-18(26)24-20-14(3)6-5-7-15(20)4/h5-11,13,19,25H,12H2,1-4H3,(H,23,27)(H,24,26)/t19-/m0/s1. The van der Waals surface area contributed by atoms with Crippen LogP contribution in [-0.2, 0) is 19.6 Å². The third kappa shape index (κ3) is 6.29. The number of sulfonamides is 1. The van der Waals surface area contributed by atoms with Gasteiger partial charge in [0.2, 0.25) is 21.8 Å². The first-order valence-electron chi connectivity index (χ1n) is 9.43. The summed E-state index contributed by atoms with van der Waals surface area (Å²) in [5.41, 5.74) is 2.51. The summed E-state index contributed by atoms with van der Waals surface area (Å²) >= 11 is 5.80. The van der Waals surface area contributed by atoms with Gasteiger partial charge in [0.05, 0.1) is 11.4 Å². The summed E-state index contributed by atoms with van der Waals surface area (Å²) in [4.78, 5) is 24.9. The number of anilines is 1. The van der Waals surface area contributed by atoms with E-state index in [1.54, 1.807) is 13.8 Å². The van der Waals surface area contributed by atoms with Crippen LogP contribution < -0.4 is 15.4 Å². The van der Waals surface area contributed by atoms with Gasteiger partial charge in [-0.05, 0) is 55.2 Å². The topological polar surface area (TPSA) is 104 Å². The lowest BCUT2D eigenvalue weighted by molar-refractivity contribution is -0.126. The maximum atomic E-state index is 12.6. The molecule has 30 heavy (non-hydrogen) atoms. The van der Waals surface area contributed by atoms with Gasteiger partial charge in [0.1, 0.15) is 6.04 Å². The molecule has 162 valence electrons. The van der Waals surface area contributed by atoms with Gasteiger partial charge >= 0.3 is 0 Å². The Hall–Kier alpha value is -2.42. The van der Waals surface area contributed by atoms with Gasteiger partial charge in [-0.15, -0.1) is 0 Å². The van der Waals surface area contributed by atoms with E-state index in [0.717, 1.165) is 11.1 Å². The Morgan fingerprint density at radius 2 is 1.57 bits per heavy atom. The Balaban J connectivity index is 2.03. The summed E-state index contributed by atoms with van der Waals surface area (Å²) in [6, 6.07) is 10.2. The number of carbonyl (C=O) groups is 2. The smallest absolute Gasteiger partial charge is 0.243 e. The first-order chi connectivity index (χ1) is 14.0. The maximum absolute atomic E-state index is 12.6. The van der Waals surface area contributed by atoms with Crippen LogP contribution in [-0.4, -0.2) is 32.8 Å². The lowest BCUT2D eigenvalue weighted by Gasteiger charge is -2.21. The summed E-state index contributed by atoms with van der Waals surface area (Å²) in [5.74, 6) is -1.32. The molecule has 2 amide bonds. The van der Waals surface area contributed by atoms with Crippen molar-refractivity contribution in [1.82, 2.24) is 10.0 Å². The summed E-state index contributed by atoms with van der Waals surface area (Å²) in [5, 5.41) is 5.69. The highest BCUT2D eigenvalue weighted by molar-refractivity contribution is 7.89. The Morgan fingerprint density at radius 3 is 2.10 bits per heavy atom. The van der Waals surface area contributed by atoms with Crippen molar-refractivity contribution in [3.63, 3.8) is 0 Å². The molecular weight excluding hydrogens is 426 g/mol. The molecule has 0 spiro atoms. The second kappa shape index (κ2) is 10.1. The molecule has 3 N–H and O–H groups in total. The summed E-state index contributed by atoms with van der Waals surface area (Å²) in [6.07, 6.45) is 0. The van der Waals surface area contributed by atoms with Gasteiger partial charge in [-0.2, -0.15) is 4.72 Å². The van der Waals surface area contributed by atoms with Crippen LogP contribution in [0.1, 0.15) is 25.0 Å². The van der Waals surface area contributed by atoms with Gasteiger partial charge in [-0.1, -0.05) is 43.6 Å². The normalized spacial score (nSPS) is 12.5. The average Bonchev–Trinajstić information content (AvgIpc) is 2.67. The summed E-state index contributed by atoms with van der Waals surface area (Å²) < 4.78 is 27.6. The average molecular weight is 452 g/mol. The molecule has 0 aliphatic heterocycles. The monoisotopic (exact) mass is 451 g/mol. The lowest BCUT2D eigenvalue weighted by Crippen LogP contribution is -2.50. The van der Waals surface area contributed by atoms with Gasteiger partial charge in [0.15, 0.2) is 0 Å². The van der Waals surface area contributed by atoms with Crippen molar-refractivity contribution in [3.05, 3.63) is 58.6 Å². The Bertz CT molecular complexity index is 1000. The number of rotatable bonds is 8. The number of para-hydroxylation sites is 1. The number of hydrogen-bond acceptors (Lipinski definition) is 4. The number of nitrogens with one attached hydrogen (secondary N) is 3. The highest BCUT2D eigenvalue weighted by Crippen LogP contribution is 2.19. The molecule has 0 unspecified atom stereocenters. The molecular formula is C21H26ClN3O4S. The van der Waals surface area contributed by atoms with Crippen molar-refractivity contribution in [2.24, 2.45) is 5.92 Å². The fourth-order valence-electron chi connectivity index (χ4n) is 2.81. The number of aryl methyl sites for hydroxylation is 2. The SMILES string of the molecule is Cc1cccc(C)c1NC(=O)CNC(=O)[C@@H](NS(=O)(=O)c1ccc(Cl)cc1)C(C)C. The van der Waals surface area contributed by atoms with Gasteiger partial charge in [0.25, 0.3) is 0 Å². The zero-order chi connectivity index (χ0) is 22.5. The number of amides is 2. The molecule has 0 saturated carbocycles. The molecule has 0 aliphatic carbocycles. The zero-order valence-corrected chi connectivity index (χ0v) is 18.9. The van der Waals surface area contributed by atoms with Crippen LogP contribution in [0.4, 0.5) is 5.69 Å². The fourth-order valence-corrected chi connectivity index (χ4v) is 4.28. The zero-order valence-electron chi connectivity index (χ0n) is 17.3. The second-order valence-electron chi connectivity index (χ2n) is 7.33. The van der Waals surface area contributed by atoms with Crippen molar-refractivity contribution < 1.29 is 18.0 Å². The minimum absolute atomic E-state index is 0.00174. The van der Waals surface area contributed by atoms with E-state index >= 15 is 0 Å². The Labute approximate surface area is 182 Å². The van der Waals surface area contributed by atoms with E-state index in [1.807, 2.05) is 32.0 Å². The van der Waals surface area contributed by atoms with Crippen LogP contribution in [0.3, 0.4) is 0 Å². The van der Waals surface area contributed by atoms with Crippen molar-refractivity contribution in [1.29, 1.82) is 0 Å². The van der Waals surface area contributed by atoms with Gasteiger partial charge in [-0.3, -0.25) is 9.59 Å². The minimum atomic E-state index is -3.93. The molecule has 9 heteroatoms. The molecule has 0 aliphatic rings. The van der Waals surface area contributed by atoms with Crippen molar-refractivity contribution >= 4 is 39.1 Å². The third-order valence-electron chi connectivity index (χ3n) is 4.52. The molecule has 1 atom stereocenters. The van der Waals surface area contributed by atoms with Gasteiger partial charge in [-0.25, -0.2) is 8.42 Å². The molecule has 2 rings (SSSR count). The first kappa shape index (κ1) is 23.9. The van der Waals surface area contributed by atoms with E-state index in [2.05, 4.69) is 15.4 Å². The lowest BCUT2D eigenvalue weighted by atomic mass is 10.1. The molecule has 0 bridgehead atoms. The number of halogens is 1. The number of carbonyl (C=O) groups excluding carboxylic acids is 2. The molecule has 0 aromatic heterocycles. The predicted octanol–water partition coefficient (Wildman–Crippen LogP) is 3.01. The maximum Gasteiger partial charge on any atom is 0.243 e. The molecule has 7 nitrogen and oxygen atoms in total. The van der Waals surface area contributed by atoms with Crippen LogP contribution in [0.25, 0.3) is 0 Å². The first-order valence-corrected chi connectivity index (χ1v) is 11.3. The second-order valence-corrected chi connectivity index (χ2v) is 9.48. The van der Waals surface area contributed by atoms with Crippen LogP contribution >= 0.6 is 11.6 Å². The highest BCUT2D eigenvalue weighted by atomic mass is 35.5. The van der Waals surface area contributed by atoms with Gasteiger partial charge < -0.3 is 10.6 Å². The Morgan fingerprint density at radius 1 is 1.00 bits per heavy atom. The Kier molecular flexibility index (Phi) is 8.00. The van der Waals surface area contributed by atoms with Gasteiger partial charge in [0, 0.05) is 10.7 Å². The quantitative estimate of drug-likeness (QED) is 0.573. The van der Waals surface area contributed by atoms with Crippen LogP contribution in [0.5, 0.6) is 0 Å². The number of benzene rings is 2. The highest BCUT2D eigenvalue weighted by Gasteiger charge is 2.28. The van der Waals surface area contributed by atoms with Crippen molar-refractivity contribution in [3.8, 4) is 0 Å². The van der Waals surface area contributed by atoms with E-state index in [9.17, 15) is 18.0 Å². The van der Waals surface area contributed by atoms with Crippen molar-refractivity contribution in [2.75, 3.05) is 11.9 Å². The van der Waals surface area contributed by atoms with Crippen LogP contribution in [0, 0.1) is 19.8 Å². The molecule has 2 aromatic rings. The molecule has 0 radical (unpaired) electrons. The van der Waals surface area contributed by atoms with Crippen molar-refractivity contribution in [2.45, 2.75) is 38.6 Å². The summed E-state index contributed by atoms with van der Waals surface area (Å²) in [6.45, 7) is 6.90. The van der Waals surface area contributed by atoms with E-state index in [1.165, 1.54) is 24.3 Å². The van der Waals surface area contributed by atoms with Crippen LogP contribution in [0.2, 0.25) is 5.02 Å². The minimum Gasteiger partial charge on any atom is -0.346 e. The fraction of sp³-hybridized carbons (Fsp3) is 0.333. The number of hydrogen-bond donors (Lipinski definition) is 3. The molecule has 0 fully saturated rings.